The molecule has 332 valence electrons. The lowest BCUT2D eigenvalue weighted by molar-refractivity contribution is 0.670. The molecule has 1 aliphatic rings. The summed E-state index contributed by atoms with van der Waals surface area (Å²) >= 11 is 10.3. The molecule has 0 saturated heterocycles. The third-order valence-electron chi connectivity index (χ3n) is 12.6. The summed E-state index contributed by atoms with van der Waals surface area (Å²) in [4.78, 5) is 24.3. The van der Waals surface area contributed by atoms with Crippen molar-refractivity contribution in [2.24, 2.45) is 0 Å². The largest absolute Gasteiger partial charge is 0.252 e. The zero-order valence-corrected chi connectivity index (χ0v) is 43.0. The van der Waals surface area contributed by atoms with E-state index in [2.05, 4.69) is 76.5 Å². The molecule has 8 aromatic heterocycles. The number of hydrogen-bond donors (Lipinski definition) is 0. The predicted octanol–water partition coefficient (Wildman–Crippen LogP) is 18.0. The molecular formula is C50H60N6S7. The summed E-state index contributed by atoms with van der Waals surface area (Å²) in [5.41, 5.74) is 8.02. The van der Waals surface area contributed by atoms with Gasteiger partial charge < -0.3 is 0 Å². The van der Waals surface area contributed by atoms with Crippen LogP contribution < -0.4 is 0 Å². The molecule has 0 atom stereocenters. The molecule has 0 saturated carbocycles. The van der Waals surface area contributed by atoms with Gasteiger partial charge in [-0.15, -0.1) is 45.3 Å². The Kier molecular flexibility index (Phi) is 15.2. The second-order valence-electron chi connectivity index (χ2n) is 17.1. The van der Waals surface area contributed by atoms with Gasteiger partial charge in [0.05, 0.1) is 43.0 Å². The number of unbranched alkanes of at least 4 members (excludes halogenated alkanes) is 12. The van der Waals surface area contributed by atoms with Gasteiger partial charge in [0.15, 0.2) is 0 Å². The molecule has 0 fully saturated rings. The van der Waals surface area contributed by atoms with E-state index in [-0.39, 0.29) is 0 Å². The van der Waals surface area contributed by atoms with Crippen molar-refractivity contribution in [3.63, 3.8) is 0 Å². The summed E-state index contributed by atoms with van der Waals surface area (Å²) in [7, 11) is -1.30. The minimum Gasteiger partial charge on any atom is -0.252 e. The summed E-state index contributed by atoms with van der Waals surface area (Å²) in [5, 5.41) is 0. The van der Waals surface area contributed by atoms with E-state index < -0.39 is 10.0 Å². The monoisotopic (exact) mass is 968 g/mol. The summed E-state index contributed by atoms with van der Waals surface area (Å²) in [6.45, 7) is 9.21. The van der Waals surface area contributed by atoms with Crippen molar-refractivity contribution in [2.75, 3.05) is 11.5 Å². The standard InChI is InChI=1S/C50H60N6S7/c1-5-9-13-17-21-33-23-25-37(57-33)45-47-43(53-61-55-47)35(31-51-45)39-29-41-49(59-39)50-42(63(41,27-19-15-11-7-3)28-20-16-12-8-4)30-40(60-50)36-32-52-46(48-44(36)54-62-56-48)38-26-24-34(58-38)22-18-14-10-6-2/h23-26,29-32H,5-22,27-28H2,1-4H3. The zero-order chi connectivity index (χ0) is 43.2. The number of rotatable bonds is 24. The van der Waals surface area contributed by atoms with Gasteiger partial charge in [-0.2, -0.15) is 27.5 Å². The molecule has 0 radical (unpaired) electrons. The van der Waals surface area contributed by atoms with E-state index in [1.807, 2.05) is 45.3 Å². The number of thiophene rings is 4. The van der Waals surface area contributed by atoms with Crippen LogP contribution in [0.15, 0.2) is 58.6 Å². The molecule has 9 heterocycles. The number of nitrogens with zero attached hydrogens (tertiary/aromatic N) is 6. The van der Waals surface area contributed by atoms with E-state index in [0.717, 1.165) is 57.4 Å². The van der Waals surface area contributed by atoms with Crippen LogP contribution in [0.3, 0.4) is 0 Å². The van der Waals surface area contributed by atoms with Gasteiger partial charge in [-0.3, -0.25) is 9.97 Å². The molecule has 0 spiro atoms. The molecule has 63 heavy (non-hydrogen) atoms. The average Bonchev–Trinajstić information content (AvgIpc) is 4.17. The minimum atomic E-state index is -1.30. The van der Waals surface area contributed by atoms with Crippen LogP contribution in [0.1, 0.15) is 140 Å². The molecule has 8 aromatic rings. The first-order chi connectivity index (χ1) is 31.1. The minimum absolute atomic E-state index is 0.935. The SMILES string of the molecule is CCCCCCc1ccc(-c2ncc(-c3cc4c(s3)-c3sc(-c5cnc(-c6ccc(CCCCCC)s6)c6nsnc56)cc3S4(CCCCCC)CCCCCC)c3nsnc23)s1. The van der Waals surface area contributed by atoms with Crippen LogP contribution in [0.5, 0.6) is 0 Å². The molecule has 9 rings (SSSR count). The molecule has 13 heteroatoms. The fourth-order valence-electron chi connectivity index (χ4n) is 9.12. The van der Waals surface area contributed by atoms with Crippen molar-refractivity contribution in [1.82, 2.24) is 27.5 Å². The topological polar surface area (TPSA) is 77.3 Å². The van der Waals surface area contributed by atoms with Gasteiger partial charge in [0, 0.05) is 52.8 Å². The van der Waals surface area contributed by atoms with Crippen LogP contribution in [-0.2, 0) is 12.8 Å². The van der Waals surface area contributed by atoms with Gasteiger partial charge in [0.2, 0.25) is 0 Å². The molecule has 1 aliphatic heterocycles. The molecule has 0 unspecified atom stereocenters. The van der Waals surface area contributed by atoms with E-state index in [1.54, 1.807) is 9.79 Å². The second-order valence-corrected chi connectivity index (χ2v) is 26.1. The lowest BCUT2D eigenvalue weighted by Gasteiger charge is -2.37. The fourth-order valence-corrected chi connectivity index (χ4v) is 20.4. The van der Waals surface area contributed by atoms with Crippen molar-refractivity contribution in [2.45, 2.75) is 153 Å². The molecule has 0 bridgehead atoms. The normalized spacial score (nSPS) is 13.7. The summed E-state index contributed by atoms with van der Waals surface area (Å²) in [5.74, 6) is 2.50. The molecule has 6 nitrogen and oxygen atoms in total. The first-order valence-corrected chi connectivity index (χ1v) is 30.2. The van der Waals surface area contributed by atoms with Gasteiger partial charge in [-0.05, 0) is 86.4 Å². The third kappa shape index (κ3) is 9.41. The molecule has 0 aromatic carbocycles. The van der Waals surface area contributed by atoms with Crippen LogP contribution >= 0.6 is 78.8 Å². The van der Waals surface area contributed by atoms with Gasteiger partial charge in [-0.1, -0.05) is 105 Å². The van der Waals surface area contributed by atoms with Gasteiger partial charge in [0.25, 0.3) is 0 Å². The molecule has 0 N–H and O–H groups in total. The Bertz CT molecular complexity index is 2560. The third-order valence-corrected chi connectivity index (χ3v) is 23.0. The van der Waals surface area contributed by atoms with E-state index in [1.165, 1.54) is 177 Å². The Labute approximate surface area is 400 Å². The van der Waals surface area contributed by atoms with E-state index in [9.17, 15) is 0 Å². The Morgan fingerprint density at radius 1 is 0.429 bits per heavy atom. The lowest BCUT2D eigenvalue weighted by atomic mass is 10.1. The fraction of sp³-hybridized carbons (Fsp3) is 0.480. The average molecular weight is 970 g/mol. The maximum Gasteiger partial charge on any atom is 0.132 e. The highest BCUT2D eigenvalue weighted by Gasteiger charge is 2.42. The maximum atomic E-state index is 5.18. The van der Waals surface area contributed by atoms with Crippen molar-refractivity contribution >= 4 is 101 Å². The highest BCUT2D eigenvalue weighted by Crippen LogP contribution is 2.76. The van der Waals surface area contributed by atoms with Crippen molar-refractivity contribution < 1.29 is 0 Å². The molecular weight excluding hydrogens is 909 g/mol. The first kappa shape index (κ1) is 45.3. The Hall–Kier alpha value is -2.91. The highest BCUT2D eigenvalue weighted by atomic mass is 32.3. The Balaban J connectivity index is 1.09. The highest BCUT2D eigenvalue weighted by molar-refractivity contribution is 8.34. The quantitative estimate of drug-likeness (QED) is 0.0562. The first-order valence-electron chi connectivity index (χ1n) is 23.5. The number of hydrogen-bond acceptors (Lipinski definition) is 12. The van der Waals surface area contributed by atoms with E-state index in [4.69, 9.17) is 27.5 Å². The van der Waals surface area contributed by atoms with Gasteiger partial charge >= 0.3 is 0 Å². The predicted molar refractivity (Wildman–Crippen MR) is 280 cm³/mol. The Morgan fingerprint density at radius 2 is 0.841 bits per heavy atom. The van der Waals surface area contributed by atoms with Crippen LogP contribution in [0.4, 0.5) is 0 Å². The van der Waals surface area contributed by atoms with Crippen LogP contribution in [-0.4, -0.2) is 39.0 Å². The van der Waals surface area contributed by atoms with Gasteiger partial charge in [-0.25, -0.2) is 0 Å². The van der Waals surface area contributed by atoms with Crippen LogP contribution in [0.25, 0.3) is 73.8 Å². The maximum absolute atomic E-state index is 5.18. The lowest BCUT2D eigenvalue weighted by Crippen LogP contribution is -2.09. The smallest absolute Gasteiger partial charge is 0.132 e. The summed E-state index contributed by atoms with van der Waals surface area (Å²) in [6.07, 6.45) is 26.9. The van der Waals surface area contributed by atoms with Gasteiger partial charge in [0.1, 0.15) is 33.5 Å². The van der Waals surface area contributed by atoms with Crippen molar-refractivity contribution in [3.05, 3.63) is 58.5 Å². The number of pyridine rings is 2. The molecule has 0 aliphatic carbocycles. The van der Waals surface area contributed by atoms with E-state index in [0.29, 0.717) is 0 Å². The zero-order valence-electron chi connectivity index (χ0n) is 37.3. The number of fused-ring (bicyclic) bond motifs is 5. The summed E-state index contributed by atoms with van der Waals surface area (Å²) < 4.78 is 19.7. The number of aromatic nitrogens is 6. The second kappa shape index (κ2) is 21.2. The summed E-state index contributed by atoms with van der Waals surface area (Å²) in [6, 6.07) is 14.2. The van der Waals surface area contributed by atoms with Crippen LogP contribution in [0.2, 0.25) is 0 Å². The number of aryl methyl sites for hydroxylation is 2. The molecule has 0 amide bonds. The van der Waals surface area contributed by atoms with Crippen molar-refractivity contribution in [3.8, 4) is 51.8 Å². The van der Waals surface area contributed by atoms with Crippen LogP contribution in [0, 0.1) is 0 Å². The van der Waals surface area contributed by atoms with Crippen molar-refractivity contribution in [1.29, 1.82) is 0 Å². The van der Waals surface area contributed by atoms with E-state index >= 15 is 0 Å². The Morgan fingerprint density at radius 3 is 1.27 bits per heavy atom.